The summed E-state index contributed by atoms with van der Waals surface area (Å²) in [5.41, 5.74) is 0.0882. The number of benzene rings is 1. The average Bonchev–Trinajstić information content (AvgIpc) is 2.93. The smallest absolute Gasteiger partial charge is 0.206 e. The molecule has 4 heteroatoms. The van der Waals surface area contributed by atoms with Gasteiger partial charge in [0, 0.05) is 24.2 Å². The summed E-state index contributed by atoms with van der Waals surface area (Å²) in [6.45, 7) is 6.98. The molecule has 0 saturated carbocycles. The van der Waals surface area contributed by atoms with Gasteiger partial charge in [0.05, 0.1) is 0 Å². The van der Waals surface area contributed by atoms with Gasteiger partial charge in [0.2, 0.25) is 17.2 Å². The van der Waals surface area contributed by atoms with Crippen LogP contribution < -0.4 is 0 Å². The Labute approximate surface area is 113 Å². The highest BCUT2D eigenvalue weighted by atomic mass is 16.2. The molecular weight excluding hydrogens is 240 g/mol. The zero-order chi connectivity index (χ0) is 13.6. The first kappa shape index (κ1) is 12.5. The van der Waals surface area contributed by atoms with Crippen LogP contribution in [0.25, 0.3) is 0 Å². The Morgan fingerprint density at radius 1 is 0.947 bits per heavy atom. The van der Waals surface area contributed by atoms with E-state index in [1.165, 1.54) is 0 Å². The second-order valence-electron chi connectivity index (χ2n) is 5.04. The third-order valence-corrected chi connectivity index (χ3v) is 4.37. The fourth-order valence-corrected chi connectivity index (χ4v) is 3.47. The molecule has 19 heavy (non-hydrogen) atoms. The zero-order valence-electron chi connectivity index (χ0n) is 11.3. The molecule has 3 rings (SSSR count). The van der Waals surface area contributed by atoms with Gasteiger partial charge in [-0.3, -0.25) is 19.4 Å². The molecule has 1 aromatic rings. The van der Waals surface area contributed by atoms with E-state index in [4.69, 9.17) is 0 Å². The first-order valence-corrected chi connectivity index (χ1v) is 6.86. The van der Waals surface area contributed by atoms with E-state index in [9.17, 15) is 9.59 Å². The summed E-state index contributed by atoms with van der Waals surface area (Å²) in [6.07, 6.45) is 0. The van der Waals surface area contributed by atoms with Crippen LogP contribution in [0.4, 0.5) is 0 Å². The quantitative estimate of drug-likeness (QED) is 0.752. The van der Waals surface area contributed by atoms with Crippen molar-refractivity contribution in [3.63, 3.8) is 0 Å². The van der Waals surface area contributed by atoms with Crippen molar-refractivity contribution < 1.29 is 9.59 Å². The van der Waals surface area contributed by atoms with E-state index in [1.807, 2.05) is 35.8 Å². The normalized spacial score (nSPS) is 22.4. The minimum absolute atomic E-state index is 0.0469. The van der Waals surface area contributed by atoms with Crippen molar-refractivity contribution >= 4 is 11.6 Å². The number of likely N-dealkylation sites (N-methyl/N-ethyl adjacent to an activating group) is 2. The predicted molar refractivity (Wildman–Crippen MR) is 72.3 cm³/mol. The molecule has 0 N–H and O–H groups in total. The first-order valence-electron chi connectivity index (χ1n) is 6.86. The summed E-state index contributed by atoms with van der Waals surface area (Å²) in [7, 11) is 0. The average molecular weight is 258 g/mol. The molecule has 0 unspecified atom stereocenters. The molecule has 0 radical (unpaired) electrons. The van der Waals surface area contributed by atoms with Crippen molar-refractivity contribution in [2.24, 2.45) is 0 Å². The van der Waals surface area contributed by atoms with Crippen molar-refractivity contribution in [1.82, 2.24) is 9.80 Å². The zero-order valence-corrected chi connectivity index (χ0v) is 11.3. The van der Waals surface area contributed by atoms with E-state index >= 15 is 0 Å². The maximum atomic E-state index is 12.9. The number of ketones is 2. The number of carbonyl (C=O) groups is 2. The lowest BCUT2D eigenvalue weighted by Crippen LogP contribution is -2.61. The van der Waals surface area contributed by atoms with E-state index in [1.54, 1.807) is 12.1 Å². The Bertz CT molecular complexity index is 504. The van der Waals surface area contributed by atoms with E-state index in [0.717, 1.165) is 13.1 Å². The molecule has 0 amide bonds. The van der Waals surface area contributed by atoms with Gasteiger partial charge in [-0.1, -0.05) is 38.1 Å². The second kappa shape index (κ2) is 4.25. The Balaban J connectivity index is 2.20. The molecular formula is C15H18N2O2. The number of carbonyl (C=O) groups excluding carboxylic acids is 2. The van der Waals surface area contributed by atoms with Crippen LogP contribution in [0.5, 0.6) is 0 Å². The van der Waals surface area contributed by atoms with Gasteiger partial charge in [0.15, 0.2) is 0 Å². The third-order valence-electron chi connectivity index (χ3n) is 4.37. The van der Waals surface area contributed by atoms with Crippen molar-refractivity contribution in [1.29, 1.82) is 0 Å². The van der Waals surface area contributed by atoms with Gasteiger partial charge in [-0.15, -0.1) is 0 Å². The van der Waals surface area contributed by atoms with E-state index < -0.39 is 5.66 Å². The van der Waals surface area contributed by atoms with E-state index in [0.29, 0.717) is 24.2 Å². The van der Waals surface area contributed by atoms with Gasteiger partial charge in [-0.2, -0.15) is 0 Å². The van der Waals surface area contributed by atoms with Crippen LogP contribution in [0.1, 0.15) is 34.6 Å². The van der Waals surface area contributed by atoms with Gasteiger partial charge < -0.3 is 0 Å². The van der Waals surface area contributed by atoms with Crippen LogP contribution in [-0.2, 0) is 0 Å². The molecule has 1 saturated heterocycles. The molecule has 1 aliphatic carbocycles. The number of rotatable bonds is 2. The second-order valence-corrected chi connectivity index (χ2v) is 5.04. The number of nitrogens with zero attached hydrogens (tertiary/aromatic N) is 2. The van der Waals surface area contributed by atoms with Gasteiger partial charge >= 0.3 is 0 Å². The number of hydrogen-bond acceptors (Lipinski definition) is 4. The maximum Gasteiger partial charge on any atom is 0.206 e. The lowest BCUT2D eigenvalue weighted by Gasteiger charge is -2.36. The Morgan fingerprint density at radius 2 is 1.37 bits per heavy atom. The van der Waals surface area contributed by atoms with Crippen molar-refractivity contribution in [3.05, 3.63) is 35.4 Å². The molecule has 0 aromatic heterocycles. The van der Waals surface area contributed by atoms with Crippen LogP contribution >= 0.6 is 0 Å². The van der Waals surface area contributed by atoms with Gasteiger partial charge in [0.25, 0.3) is 0 Å². The molecule has 1 fully saturated rings. The highest BCUT2D eigenvalue weighted by molar-refractivity contribution is 6.32. The molecule has 1 heterocycles. The topological polar surface area (TPSA) is 40.6 Å². The van der Waals surface area contributed by atoms with Crippen LogP contribution in [0.15, 0.2) is 24.3 Å². The highest BCUT2D eigenvalue weighted by Crippen LogP contribution is 2.39. The summed E-state index contributed by atoms with van der Waals surface area (Å²) in [6, 6.07) is 7.18. The van der Waals surface area contributed by atoms with Crippen LogP contribution in [-0.4, -0.2) is 53.2 Å². The van der Waals surface area contributed by atoms with Crippen LogP contribution in [0.2, 0.25) is 0 Å². The molecule has 0 atom stereocenters. The molecule has 0 bridgehead atoms. The Hall–Kier alpha value is -1.52. The highest BCUT2D eigenvalue weighted by Gasteiger charge is 2.62. The molecule has 1 aliphatic heterocycles. The molecule has 1 aromatic carbocycles. The summed E-state index contributed by atoms with van der Waals surface area (Å²) in [4.78, 5) is 29.8. The standard InChI is InChI=1S/C15H18N2O2/c1-3-16-9-10-17(4-2)15(16)13(18)11-7-5-6-8-12(11)14(15)19/h5-8H,3-4,9-10H2,1-2H3. The van der Waals surface area contributed by atoms with Crippen molar-refractivity contribution in [3.8, 4) is 0 Å². The fraction of sp³-hybridized carbons (Fsp3) is 0.467. The number of fused-ring (bicyclic) bond motifs is 1. The Morgan fingerprint density at radius 3 is 1.74 bits per heavy atom. The lowest BCUT2D eigenvalue weighted by atomic mass is 10.0. The Kier molecular flexibility index (Phi) is 2.80. The van der Waals surface area contributed by atoms with Gasteiger partial charge in [-0.25, -0.2) is 0 Å². The predicted octanol–water partition coefficient (Wildman–Crippen LogP) is 1.42. The largest absolute Gasteiger partial charge is 0.290 e. The number of Topliss-reactive ketones (excluding diaryl/α,β-unsaturated/α-hetero) is 2. The number of hydrogen-bond donors (Lipinski definition) is 0. The van der Waals surface area contributed by atoms with Gasteiger partial charge in [0.1, 0.15) is 0 Å². The summed E-state index contributed by atoms with van der Waals surface area (Å²) in [5.74, 6) is -0.0939. The van der Waals surface area contributed by atoms with Crippen molar-refractivity contribution in [2.45, 2.75) is 19.5 Å². The molecule has 2 aliphatic rings. The summed E-state index contributed by atoms with van der Waals surface area (Å²) < 4.78 is 0. The van der Waals surface area contributed by atoms with Crippen LogP contribution in [0.3, 0.4) is 0 Å². The fourth-order valence-electron chi connectivity index (χ4n) is 3.47. The minimum atomic E-state index is -1.06. The summed E-state index contributed by atoms with van der Waals surface area (Å²) in [5, 5.41) is 0. The van der Waals surface area contributed by atoms with Gasteiger partial charge in [-0.05, 0) is 13.1 Å². The molecule has 4 nitrogen and oxygen atoms in total. The molecule has 1 spiro atoms. The van der Waals surface area contributed by atoms with E-state index in [-0.39, 0.29) is 11.6 Å². The minimum Gasteiger partial charge on any atom is -0.290 e. The monoisotopic (exact) mass is 258 g/mol. The van der Waals surface area contributed by atoms with Crippen LogP contribution in [0, 0.1) is 0 Å². The molecule has 100 valence electrons. The third kappa shape index (κ3) is 1.36. The first-order chi connectivity index (χ1) is 9.17. The maximum absolute atomic E-state index is 12.9. The lowest BCUT2D eigenvalue weighted by molar-refractivity contribution is 0.0262. The van der Waals surface area contributed by atoms with Crippen molar-refractivity contribution in [2.75, 3.05) is 26.2 Å². The summed E-state index contributed by atoms with van der Waals surface area (Å²) >= 11 is 0. The van der Waals surface area contributed by atoms with E-state index in [2.05, 4.69) is 0 Å². The SMILES string of the molecule is CCN1CCN(CC)C12C(=O)c1ccccc1C2=O.